The number of nitrogens with one attached hydrogen (secondary N) is 2. The van der Waals surface area contributed by atoms with Crippen molar-refractivity contribution in [2.24, 2.45) is 0 Å². The van der Waals surface area contributed by atoms with Crippen molar-refractivity contribution in [3.8, 4) is 28.4 Å². The molecular formula is C26H19ClN6OS. The number of rotatable bonds is 5. The Labute approximate surface area is 210 Å². The van der Waals surface area contributed by atoms with Gasteiger partial charge in [0, 0.05) is 27.6 Å². The summed E-state index contributed by atoms with van der Waals surface area (Å²) in [5, 5.41) is 21.0. The highest BCUT2D eigenvalue weighted by atomic mass is 35.5. The van der Waals surface area contributed by atoms with Crippen LogP contribution < -0.4 is 10.1 Å². The number of benzene rings is 3. The van der Waals surface area contributed by atoms with E-state index in [-0.39, 0.29) is 0 Å². The van der Waals surface area contributed by atoms with Gasteiger partial charge in [0.25, 0.3) is 0 Å². The van der Waals surface area contributed by atoms with Gasteiger partial charge in [0.15, 0.2) is 5.69 Å². The van der Waals surface area contributed by atoms with E-state index in [4.69, 9.17) is 21.3 Å². The van der Waals surface area contributed by atoms with Gasteiger partial charge in [-0.1, -0.05) is 84.0 Å². The second kappa shape index (κ2) is 9.40. The summed E-state index contributed by atoms with van der Waals surface area (Å²) >= 11 is 7.49. The third-order valence-corrected chi connectivity index (χ3v) is 6.79. The summed E-state index contributed by atoms with van der Waals surface area (Å²) < 4.78 is 6.44. The molecule has 172 valence electrons. The molecule has 7 nitrogen and oxygen atoms in total. The topological polar surface area (TPSA) is 88.6 Å². The van der Waals surface area contributed by atoms with Crippen LogP contribution in [0, 0.1) is 0 Å². The zero-order chi connectivity index (χ0) is 23.6. The molecule has 0 fully saturated rings. The monoisotopic (exact) mass is 498 g/mol. The number of para-hydroxylation sites is 1. The predicted molar refractivity (Wildman–Crippen MR) is 137 cm³/mol. The van der Waals surface area contributed by atoms with Crippen LogP contribution in [0.4, 0.5) is 5.69 Å². The maximum absolute atomic E-state index is 6.44. The molecule has 5 aromatic rings. The number of aromatic nitrogens is 5. The molecule has 1 atom stereocenters. The van der Waals surface area contributed by atoms with Crippen molar-refractivity contribution in [3.05, 3.63) is 101 Å². The second-order valence-electron chi connectivity index (χ2n) is 7.92. The van der Waals surface area contributed by atoms with Crippen LogP contribution in [-0.4, -0.2) is 25.4 Å². The number of hydrogen-bond acceptors (Lipinski definition) is 7. The molecule has 35 heavy (non-hydrogen) atoms. The molecule has 0 amide bonds. The number of hydrogen-bond donors (Lipinski definition) is 2. The smallest absolute Gasteiger partial charge is 0.247 e. The van der Waals surface area contributed by atoms with E-state index >= 15 is 0 Å². The molecule has 0 aliphatic carbocycles. The number of aromatic amines is 1. The van der Waals surface area contributed by atoms with Gasteiger partial charge < -0.3 is 10.1 Å². The Morgan fingerprint density at radius 1 is 0.914 bits per heavy atom. The Hall–Kier alpha value is -3.88. The first-order valence-electron chi connectivity index (χ1n) is 11.0. The van der Waals surface area contributed by atoms with Crippen molar-refractivity contribution >= 4 is 29.1 Å². The molecule has 0 saturated heterocycles. The van der Waals surface area contributed by atoms with Gasteiger partial charge in [-0.25, -0.2) is 0 Å². The highest BCUT2D eigenvalue weighted by Crippen LogP contribution is 2.41. The fourth-order valence-electron chi connectivity index (χ4n) is 3.91. The fourth-order valence-corrected chi connectivity index (χ4v) is 4.77. The number of H-pyrrole nitrogens is 1. The SMILES string of the molecule is Clc1ccc(CSc2nnc3c(n2)O[C@@H](c2cn[nH]c2-c2ccccc2)Nc2ccccc2-3)cc1. The van der Waals surface area contributed by atoms with Crippen LogP contribution in [0.3, 0.4) is 0 Å². The largest absolute Gasteiger partial charge is 0.448 e. The molecule has 1 aliphatic rings. The van der Waals surface area contributed by atoms with Crippen molar-refractivity contribution in [2.45, 2.75) is 17.1 Å². The van der Waals surface area contributed by atoms with Crippen LogP contribution in [-0.2, 0) is 5.75 Å². The fraction of sp³-hybridized carbons (Fsp3) is 0.0769. The average molecular weight is 499 g/mol. The van der Waals surface area contributed by atoms with Gasteiger partial charge in [-0.3, -0.25) is 5.10 Å². The first kappa shape index (κ1) is 21.6. The van der Waals surface area contributed by atoms with Gasteiger partial charge in [0.05, 0.1) is 17.5 Å². The minimum absolute atomic E-state index is 0.418. The maximum Gasteiger partial charge on any atom is 0.247 e. The zero-order valence-electron chi connectivity index (χ0n) is 18.4. The van der Waals surface area contributed by atoms with E-state index in [1.807, 2.05) is 78.9 Å². The van der Waals surface area contributed by atoms with Crippen molar-refractivity contribution in [1.82, 2.24) is 25.4 Å². The van der Waals surface area contributed by atoms with Crippen molar-refractivity contribution in [1.29, 1.82) is 0 Å². The summed E-state index contributed by atoms with van der Waals surface area (Å²) in [6.07, 6.45) is 1.25. The van der Waals surface area contributed by atoms with Gasteiger partial charge in [0.1, 0.15) is 0 Å². The molecule has 6 rings (SSSR count). The number of anilines is 1. The van der Waals surface area contributed by atoms with E-state index in [9.17, 15) is 0 Å². The van der Waals surface area contributed by atoms with Crippen LogP contribution in [0.15, 0.2) is 90.2 Å². The van der Waals surface area contributed by atoms with Crippen LogP contribution >= 0.6 is 23.4 Å². The van der Waals surface area contributed by atoms with E-state index in [2.05, 4.69) is 25.7 Å². The summed E-state index contributed by atoms with van der Waals surface area (Å²) in [6, 6.07) is 25.7. The highest BCUT2D eigenvalue weighted by Gasteiger charge is 2.28. The Bertz CT molecular complexity index is 1480. The molecule has 0 saturated carbocycles. The third kappa shape index (κ3) is 4.45. The van der Waals surface area contributed by atoms with Gasteiger partial charge >= 0.3 is 0 Å². The average Bonchev–Trinajstić information content (AvgIpc) is 3.33. The zero-order valence-corrected chi connectivity index (χ0v) is 19.9. The van der Waals surface area contributed by atoms with Crippen molar-refractivity contribution < 1.29 is 4.74 Å². The van der Waals surface area contributed by atoms with E-state index in [0.717, 1.165) is 33.6 Å². The van der Waals surface area contributed by atoms with Crippen LogP contribution in [0.1, 0.15) is 17.4 Å². The Morgan fingerprint density at radius 3 is 2.57 bits per heavy atom. The Morgan fingerprint density at radius 2 is 1.71 bits per heavy atom. The van der Waals surface area contributed by atoms with E-state index < -0.39 is 6.23 Å². The van der Waals surface area contributed by atoms with Gasteiger partial charge in [-0.2, -0.15) is 10.1 Å². The van der Waals surface area contributed by atoms with Gasteiger partial charge in [-0.05, 0) is 23.8 Å². The number of nitrogens with zero attached hydrogens (tertiary/aromatic N) is 4. The number of halogens is 1. The quantitative estimate of drug-likeness (QED) is 0.272. The first-order chi connectivity index (χ1) is 17.2. The lowest BCUT2D eigenvalue weighted by molar-refractivity contribution is 0.226. The summed E-state index contributed by atoms with van der Waals surface area (Å²) in [7, 11) is 0. The molecule has 9 heteroatoms. The van der Waals surface area contributed by atoms with E-state index in [1.165, 1.54) is 11.8 Å². The standard InChI is InChI=1S/C26H19ClN6OS/c27-18-12-10-16(11-13-18)15-35-26-30-25-23(32-33-26)19-8-4-5-9-21(19)29-24(34-25)20-14-28-31-22(20)17-6-2-1-3-7-17/h1-14,24,29H,15H2,(H,28,31)/t24-/m0/s1. The molecular weight excluding hydrogens is 480 g/mol. The molecule has 2 N–H and O–H groups in total. The molecule has 0 unspecified atom stereocenters. The Balaban J connectivity index is 1.36. The normalized spacial score (nSPS) is 14.3. The maximum atomic E-state index is 6.44. The minimum Gasteiger partial charge on any atom is -0.448 e. The Kier molecular flexibility index (Phi) is 5.81. The molecule has 3 aromatic carbocycles. The lowest BCUT2D eigenvalue weighted by Gasteiger charge is -2.19. The van der Waals surface area contributed by atoms with Crippen LogP contribution in [0.5, 0.6) is 5.88 Å². The summed E-state index contributed by atoms with van der Waals surface area (Å²) in [6.45, 7) is 0. The molecule has 2 aromatic heterocycles. The molecule has 0 radical (unpaired) electrons. The number of thioether (sulfide) groups is 1. The van der Waals surface area contributed by atoms with Crippen molar-refractivity contribution in [2.75, 3.05) is 5.32 Å². The third-order valence-electron chi connectivity index (χ3n) is 5.63. The molecule has 1 aliphatic heterocycles. The highest BCUT2D eigenvalue weighted by molar-refractivity contribution is 7.98. The number of fused-ring (bicyclic) bond motifs is 3. The summed E-state index contributed by atoms with van der Waals surface area (Å²) in [4.78, 5) is 4.74. The van der Waals surface area contributed by atoms with Gasteiger partial charge in [0.2, 0.25) is 17.3 Å². The molecule has 0 spiro atoms. The lowest BCUT2D eigenvalue weighted by atomic mass is 10.1. The second-order valence-corrected chi connectivity index (χ2v) is 9.30. The molecule has 0 bridgehead atoms. The summed E-state index contributed by atoms with van der Waals surface area (Å²) in [5.41, 5.74) is 6.24. The first-order valence-corrected chi connectivity index (χ1v) is 12.3. The van der Waals surface area contributed by atoms with E-state index in [0.29, 0.717) is 27.5 Å². The predicted octanol–water partition coefficient (Wildman–Crippen LogP) is 6.38. The van der Waals surface area contributed by atoms with Gasteiger partial charge in [-0.15, -0.1) is 10.2 Å². The minimum atomic E-state index is -0.530. The van der Waals surface area contributed by atoms with Crippen LogP contribution in [0.2, 0.25) is 5.02 Å². The van der Waals surface area contributed by atoms with Crippen molar-refractivity contribution in [3.63, 3.8) is 0 Å². The number of ether oxygens (including phenoxy) is 1. The molecule has 3 heterocycles. The van der Waals surface area contributed by atoms with Crippen LogP contribution in [0.25, 0.3) is 22.5 Å². The van der Waals surface area contributed by atoms with E-state index in [1.54, 1.807) is 6.20 Å². The lowest BCUT2D eigenvalue weighted by Crippen LogP contribution is -2.17. The summed E-state index contributed by atoms with van der Waals surface area (Å²) in [5.74, 6) is 1.11.